The van der Waals surface area contributed by atoms with Crippen LogP contribution in [-0.2, 0) is 10.2 Å². The molecule has 0 radical (unpaired) electrons. The lowest BCUT2D eigenvalue weighted by atomic mass is 9.87. The predicted molar refractivity (Wildman–Crippen MR) is 112 cm³/mol. The van der Waals surface area contributed by atoms with Gasteiger partial charge in [0.05, 0.1) is 5.25 Å². The topological polar surface area (TPSA) is 66.9 Å². The lowest BCUT2D eigenvalue weighted by molar-refractivity contribution is -0.115. The van der Waals surface area contributed by atoms with Gasteiger partial charge >= 0.3 is 0 Å². The van der Waals surface area contributed by atoms with Crippen molar-refractivity contribution in [3.8, 4) is 0 Å². The van der Waals surface area contributed by atoms with E-state index in [1.54, 1.807) is 0 Å². The molecular weight excluding hydrogens is 364 g/mol. The summed E-state index contributed by atoms with van der Waals surface area (Å²) in [6, 6.07) is 8.03. The highest BCUT2D eigenvalue weighted by molar-refractivity contribution is 8.02. The number of hydrogen-bond donors (Lipinski definition) is 2. The molecule has 0 saturated heterocycles. The molecule has 0 fully saturated rings. The average molecular weight is 393 g/mol. The number of carbonyl (C=O) groups excluding carboxylic acids is 1. The number of rotatable bonds is 8. The molecule has 0 aliphatic rings. The van der Waals surface area contributed by atoms with Crippen LogP contribution in [0.2, 0.25) is 0 Å². The molecule has 142 valence electrons. The number of unbranched alkanes of at least 4 members (excludes halogenated alkanes) is 1. The molecule has 0 spiro atoms. The normalized spacial score (nSPS) is 12.7. The molecule has 7 heteroatoms. The third-order valence-electron chi connectivity index (χ3n) is 3.88. The Hall–Kier alpha value is -1.60. The first-order valence-corrected chi connectivity index (χ1v) is 10.6. The van der Waals surface area contributed by atoms with E-state index < -0.39 is 0 Å². The van der Waals surface area contributed by atoms with E-state index in [4.69, 9.17) is 0 Å². The fourth-order valence-electron chi connectivity index (χ4n) is 2.20. The molecule has 2 aromatic rings. The minimum absolute atomic E-state index is 0.0331. The summed E-state index contributed by atoms with van der Waals surface area (Å²) < 4.78 is 0.801. The van der Waals surface area contributed by atoms with E-state index >= 15 is 0 Å². The van der Waals surface area contributed by atoms with Crippen LogP contribution in [-0.4, -0.2) is 27.9 Å². The fourth-order valence-corrected chi connectivity index (χ4v) is 4.12. The highest BCUT2D eigenvalue weighted by atomic mass is 32.2. The monoisotopic (exact) mass is 392 g/mol. The molecule has 0 aliphatic carbocycles. The molecule has 0 aliphatic heterocycles. The molecule has 1 unspecified atom stereocenters. The van der Waals surface area contributed by atoms with Gasteiger partial charge in [-0.2, -0.15) is 0 Å². The largest absolute Gasteiger partial charge is 0.360 e. The number of nitrogens with one attached hydrogen (secondary N) is 2. The number of nitrogens with zero attached hydrogens (tertiary/aromatic N) is 2. The Balaban J connectivity index is 1.87. The Morgan fingerprint density at radius 2 is 1.92 bits per heavy atom. The zero-order chi connectivity index (χ0) is 19.2. The predicted octanol–water partition coefficient (Wildman–Crippen LogP) is 5.17. The smallest absolute Gasteiger partial charge is 0.237 e. The van der Waals surface area contributed by atoms with Crippen molar-refractivity contribution in [2.75, 3.05) is 17.2 Å². The minimum Gasteiger partial charge on any atom is -0.360 e. The first kappa shape index (κ1) is 20.7. The van der Waals surface area contributed by atoms with Gasteiger partial charge in [-0.3, -0.25) is 4.79 Å². The first-order valence-electron chi connectivity index (χ1n) is 8.95. The lowest BCUT2D eigenvalue weighted by Crippen LogP contribution is -2.22. The first-order chi connectivity index (χ1) is 12.3. The number of amides is 1. The maximum Gasteiger partial charge on any atom is 0.237 e. The van der Waals surface area contributed by atoms with E-state index in [-0.39, 0.29) is 16.6 Å². The van der Waals surface area contributed by atoms with Gasteiger partial charge in [-0.05, 0) is 36.5 Å². The molecular formula is C19H28N4OS2. The molecule has 1 atom stereocenters. The van der Waals surface area contributed by atoms with E-state index in [9.17, 15) is 4.79 Å². The summed E-state index contributed by atoms with van der Waals surface area (Å²) in [5.41, 5.74) is 2.16. The molecule has 1 aromatic carbocycles. The van der Waals surface area contributed by atoms with Crippen molar-refractivity contribution in [3.63, 3.8) is 0 Å². The van der Waals surface area contributed by atoms with Crippen molar-refractivity contribution in [2.45, 2.75) is 62.5 Å². The third kappa shape index (κ3) is 6.29. The molecule has 1 heterocycles. The van der Waals surface area contributed by atoms with E-state index in [1.807, 2.05) is 19.1 Å². The molecule has 2 rings (SSSR count). The van der Waals surface area contributed by atoms with Gasteiger partial charge in [-0.1, -0.05) is 69.3 Å². The minimum atomic E-state index is -0.242. The summed E-state index contributed by atoms with van der Waals surface area (Å²) in [6.45, 7) is 11.5. The van der Waals surface area contributed by atoms with Crippen LogP contribution in [0.3, 0.4) is 0 Å². The Kier molecular flexibility index (Phi) is 7.46. The van der Waals surface area contributed by atoms with Gasteiger partial charge in [-0.15, -0.1) is 10.2 Å². The number of anilines is 2. The van der Waals surface area contributed by atoms with Crippen LogP contribution in [0.25, 0.3) is 0 Å². The fraction of sp³-hybridized carbons (Fsp3) is 0.526. The van der Waals surface area contributed by atoms with Gasteiger partial charge in [-0.25, -0.2) is 0 Å². The van der Waals surface area contributed by atoms with E-state index in [2.05, 4.69) is 60.7 Å². The molecule has 26 heavy (non-hydrogen) atoms. The Morgan fingerprint density at radius 1 is 1.23 bits per heavy atom. The third-order valence-corrected chi connectivity index (χ3v) is 5.94. The zero-order valence-electron chi connectivity index (χ0n) is 16.1. The quantitative estimate of drug-likeness (QED) is 0.479. The highest BCUT2D eigenvalue weighted by Crippen LogP contribution is 2.29. The van der Waals surface area contributed by atoms with Gasteiger partial charge < -0.3 is 10.6 Å². The van der Waals surface area contributed by atoms with Crippen LogP contribution < -0.4 is 10.6 Å². The van der Waals surface area contributed by atoms with Crippen molar-refractivity contribution < 1.29 is 4.79 Å². The summed E-state index contributed by atoms with van der Waals surface area (Å²) in [6.07, 6.45) is 2.25. The van der Waals surface area contributed by atoms with Gasteiger partial charge in [0.25, 0.3) is 0 Å². The summed E-state index contributed by atoms with van der Waals surface area (Å²) >= 11 is 2.92. The Bertz CT molecular complexity index is 707. The summed E-state index contributed by atoms with van der Waals surface area (Å²) in [5, 5.41) is 15.1. The number of hydrogen-bond acceptors (Lipinski definition) is 6. The van der Waals surface area contributed by atoms with Gasteiger partial charge in [0, 0.05) is 12.2 Å². The van der Waals surface area contributed by atoms with Crippen LogP contribution in [0.4, 0.5) is 10.8 Å². The standard InChI is InChI=1S/C19H28N4OS2/c1-6-7-12-20-17-22-23-18(26-17)25-13(2)16(24)21-15-10-8-14(9-11-15)19(3,4)5/h8-11,13H,6-7,12H2,1-5H3,(H,20,22)(H,21,24). The van der Waals surface area contributed by atoms with Crippen molar-refractivity contribution in [1.29, 1.82) is 0 Å². The van der Waals surface area contributed by atoms with E-state index in [0.29, 0.717) is 0 Å². The van der Waals surface area contributed by atoms with Crippen LogP contribution in [0.15, 0.2) is 28.6 Å². The molecule has 1 aromatic heterocycles. The van der Waals surface area contributed by atoms with E-state index in [1.165, 1.54) is 28.7 Å². The van der Waals surface area contributed by atoms with E-state index in [0.717, 1.165) is 34.5 Å². The number of benzene rings is 1. The van der Waals surface area contributed by atoms with Crippen molar-refractivity contribution in [3.05, 3.63) is 29.8 Å². The lowest BCUT2D eigenvalue weighted by Gasteiger charge is -2.19. The van der Waals surface area contributed by atoms with Crippen LogP contribution in [0.5, 0.6) is 0 Å². The Labute approximate surface area is 164 Å². The molecule has 5 nitrogen and oxygen atoms in total. The SMILES string of the molecule is CCCCNc1nnc(SC(C)C(=O)Nc2ccc(C(C)(C)C)cc2)s1. The van der Waals surface area contributed by atoms with Crippen molar-refractivity contribution >= 4 is 39.8 Å². The van der Waals surface area contributed by atoms with Crippen LogP contribution in [0.1, 0.15) is 53.0 Å². The molecule has 0 bridgehead atoms. The summed E-state index contributed by atoms with van der Waals surface area (Å²) in [7, 11) is 0. The number of carbonyl (C=O) groups is 1. The summed E-state index contributed by atoms with van der Waals surface area (Å²) in [4.78, 5) is 12.4. The zero-order valence-corrected chi connectivity index (χ0v) is 17.8. The van der Waals surface area contributed by atoms with Gasteiger partial charge in [0.2, 0.25) is 11.0 Å². The second-order valence-corrected chi connectivity index (χ2v) is 9.80. The number of aromatic nitrogens is 2. The van der Waals surface area contributed by atoms with Gasteiger partial charge in [0.1, 0.15) is 0 Å². The Morgan fingerprint density at radius 3 is 2.54 bits per heavy atom. The second kappa shape index (κ2) is 9.37. The number of thioether (sulfide) groups is 1. The van der Waals surface area contributed by atoms with Crippen molar-refractivity contribution in [1.82, 2.24) is 10.2 Å². The van der Waals surface area contributed by atoms with Gasteiger partial charge in [0.15, 0.2) is 4.34 Å². The van der Waals surface area contributed by atoms with Crippen LogP contribution in [0, 0.1) is 0 Å². The maximum atomic E-state index is 12.4. The maximum absolute atomic E-state index is 12.4. The molecule has 0 saturated carbocycles. The second-order valence-electron chi connectivity index (χ2n) is 7.23. The van der Waals surface area contributed by atoms with Crippen molar-refractivity contribution in [2.24, 2.45) is 0 Å². The molecule has 2 N–H and O–H groups in total. The summed E-state index contributed by atoms with van der Waals surface area (Å²) in [5.74, 6) is -0.0331. The molecule has 1 amide bonds. The van der Waals surface area contributed by atoms with Crippen LogP contribution >= 0.6 is 23.1 Å². The average Bonchev–Trinajstić information content (AvgIpc) is 3.02. The highest BCUT2D eigenvalue weighted by Gasteiger charge is 2.18.